The molecule has 0 aliphatic rings. The Kier molecular flexibility index (Phi) is 4.94. The zero-order chi connectivity index (χ0) is 18.7. The molecular weight excluding hydrogens is 352 g/mol. The standard InChI is InChI=1S/C18H16N4O3S/c1-25-12-7-8-14-13(9-12)16(20-21-18(19)26)17(24)22(14)10-15(23)11-5-3-2-4-6-11/h2-9,24H,10H2,1H3,(H2,19,26). The number of azo groups is 1. The molecule has 0 fully saturated rings. The highest BCUT2D eigenvalue weighted by atomic mass is 32.1. The number of nitrogens with two attached hydrogens (primary N) is 1. The second-order valence-corrected chi connectivity index (χ2v) is 5.89. The largest absolute Gasteiger partial charge is 0.497 e. The van der Waals surface area contributed by atoms with Crippen LogP contribution in [0.5, 0.6) is 11.6 Å². The normalized spacial score (nSPS) is 11.1. The fourth-order valence-electron chi connectivity index (χ4n) is 2.65. The summed E-state index contributed by atoms with van der Waals surface area (Å²) in [5.41, 5.74) is 6.70. The summed E-state index contributed by atoms with van der Waals surface area (Å²) in [6.45, 7) is -0.0543. The summed E-state index contributed by atoms with van der Waals surface area (Å²) in [5.74, 6) is 0.236. The van der Waals surface area contributed by atoms with E-state index in [1.807, 2.05) is 6.07 Å². The minimum Gasteiger partial charge on any atom is -0.497 e. The summed E-state index contributed by atoms with van der Waals surface area (Å²) in [5, 5.41) is 18.6. The molecule has 2 aromatic carbocycles. The number of benzene rings is 2. The minimum absolute atomic E-state index is 0.0543. The van der Waals surface area contributed by atoms with Gasteiger partial charge in [0.05, 0.1) is 19.2 Å². The van der Waals surface area contributed by atoms with Crippen LogP contribution < -0.4 is 10.5 Å². The molecule has 0 aliphatic carbocycles. The minimum atomic E-state index is -0.197. The number of Topliss-reactive ketones (excluding diaryl/α,β-unsaturated/α-hetero) is 1. The molecule has 0 spiro atoms. The van der Waals surface area contributed by atoms with Gasteiger partial charge >= 0.3 is 0 Å². The summed E-state index contributed by atoms with van der Waals surface area (Å²) in [4.78, 5) is 12.6. The van der Waals surface area contributed by atoms with Crippen LogP contribution in [-0.2, 0) is 6.54 Å². The molecule has 26 heavy (non-hydrogen) atoms. The molecule has 0 saturated heterocycles. The first-order valence-electron chi connectivity index (χ1n) is 7.70. The smallest absolute Gasteiger partial charge is 0.221 e. The van der Waals surface area contributed by atoms with Gasteiger partial charge in [0, 0.05) is 10.9 Å². The summed E-state index contributed by atoms with van der Waals surface area (Å²) >= 11 is 4.70. The van der Waals surface area contributed by atoms with Gasteiger partial charge in [0.15, 0.2) is 11.5 Å². The Morgan fingerprint density at radius 3 is 2.65 bits per heavy atom. The third kappa shape index (κ3) is 3.40. The van der Waals surface area contributed by atoms with Gasteiger partial charge < -0.3 is 20.1 Å². The van der Waals surface area contributed by atoms with Crippen LogP contribution in [0.2, 0.25) is 0 Å². The van der Waals surface area contributed by atoms with Gasteiger partial charge in [0.1, 0.15) is 5.75 Å². The number of hydrogen-bond acceptors (Lipinski definition) is 5. The summed E-state index contributed by atoms with van der Waals surface area (Å²) in [7, 11) is 1.53. The lowest BCUT2D eigenvalue weighted by molar-refractivity contribution is 0.0970. The number of fused-ring (bicyclic) bond motifs is 1. The van der Waals surface area contributed by atoms with Crippen molar-refractivity contribution in [2.75, 3.05) is 7.11 Å². The lowest BCUT2D eigenvalue weighted by atomic mass is 10.1. The fraction of sp³-hybridized carbons (Fsp3) is 0.111. The molecule has 0 saturated carbocycles. The number of ketones is 1. The SMILES string of the molecule is COc1ccc2c(c1)c(N=NC(N)=S)c(O)n2CC(=O)c1ccccc1. The Hall–Kier alpha value is -3.26. The number of ether oxygens (including phenoxy) is 1. The van der Waals surface area contributed by atoms with Crippen LogP contribution in [0.25, 0.3) is 10.9 Å². The fourth-order valence-corrected chi connectivity index (χ4v) is 2.69. The third-order valence-electron chi connectivity index (χ3n) is 3.86. The van der Waals surface area contributed by atoms with Crippen LogP contribution in [0, 0.1) is 0 Å². The molecule has 3 rings (SSSR count). The van der Waals surface area contributed by atoms with E-state index in [1.54, 1.807) is 42.5 Å². The van der Waals surface area contributed by atoms with Crippen molar-refractivity contribution < 1.29 is 14.6 Å². The predicted molar refractivity (Wildman–Crippen MR) is 102 cm³/mol. The molecule has 7 nitrogen and oxygen atoms in total. The molecule has 0 atom stereocenters. The van der Waals surface area contributed by atoms with Gasteiger partial charge in [0.2, 0.25) is 11.0 Å². The first kappa shape index (κ1) is 17.6. The third-order valence-corrected chi connectivity index (χ3v) is 3.94. The van der Waals surface area contributed by atoms with Gasteiger partial charge in [-0.2, -0.15) is 0 Å². The van der Waals surface area contributed by atoms with Gasteiger partial charge in [-0.05, 0) is 30.4 Å². The number of thiocarbonyl (C=S) groups is 1. The Labute approximate surface area is 154 Å². The Bertz CT molecular complexity index is 1010. The number of rotatable bonds is 5. The quantitative estimate of drug-likeness (QED) is 0.407. The highest BCUT2D eigenvalue weighted by molar-refractivity contribution is 7.80. The van der Waals surface area contributed by atoms with E-state index in [0.717, 1.165) is 0 Å². The van der Waals surface area contributed by atoms with Crippen molar-refractivity contribution in [1.29, 1.82) is 0 Å². The zero-order valence-electron chi connectivity index (χ0n) is 13.9. The highest BCUT2D eigenvalue weighted by Gasteiger charge is 2.20. The number of methoxy groups -OCH3 is 1. The lowest BCUT2D eigenvalue weighted by Gasteiger charge is -2.07. The summed E-state index contributed by atoms with van der Waals surface area (Å²) < 4.78 is 6.69. The molecule has 0 aliphatic heterocycles. The van der Waals surface area contributed by atoms with Crippen molar-refractivity contribution in [3.63, 3.8) is 0 Å². The van der Waals surface area contributed by atoms with E-state index in [2.05, 4.69) is 10.2 Å². The predicted octanol–water partition coefficient (Wildman–Crippen LogP) is 3.57. The second kappa shape index (κ2) is 7.32. The van der Waals surface area contributed by atoms with Gasteiger partial charge in [-0.15, -0.1) is 10.2 Å². The van der Waals surface area contributed by atoms with Crippen LogP contribution in [0.1, 0.15) is 10.4 Å². The van der Waals surface area contributed by atoms with Crippen LogP contribution in [0.4, 0.5) is 5.69 Å². The second-order valence-electron chi connectivity index (χ2n) is 5.47. The van der Waals surface area contributed by atoms with Gasteiger partial charge in [-0.1, -0.05) is 30.3 Å². The average molecular weight is 368 g/mol. The van der Waals surface area contributed by atoms with E-state index < -0.39 is 0 Å². The topological polar surface area (TPSA) is 102 Å². The van der Waals surface area contributed by atoms with Crippen molar-refractivity contribution in [1.82, 2.24) is 4.57 Å². The van der Waals surface area contributed by atoms with Crippen LogP contribution in [0.3, 0.4) is 0 Å². The molecule has 132 valence electrons. The zero-order valence-corrected chi connectivity index (χ0v) is 14.7. The first-order chi connectivity index (χ1) is 12.5. The van der Waals surface area contributed by atoms with Crippen LogP contribution in [-0.4, -0.2) is 27.7 Å². The highest BCUT2D eigenvalue weighted by Crippen LogP contribution is 2.40. The average Bonchev–Trinajstić information content (AvgIpc) is 2.91. The molecule has 0 radical (unpaired) electrons. The Morgan fingerprint density at radius 1 is 1.27 bits per heavy atom. The lowest BCUT2D eigenvalue weighted by Crippen LogP contribution is -2.09. The van der Waals surface area contributed by atoms with Crippen molar-refractivity contribution in [2.24, 2.45) is 16.0 Å². The van der Waals surface area contributed by atoms with Gasteiger partial charge in [0.25, 0.3) is 0 Å². The monoisotopic (exact) mass is 368 g/mol. The molecule has 3 N–H and O–H groups in total. The summed E-state index contributed by atoms with van der Waals surface area (Å²) in [6.07, 6.45) is 0. The van der Waals surface area contributed by atoms with Crippen LogP contribution in [0.15, 0.2) is 58.8 Å². The van der Waals surface area contributed by atoms with Crippen molar-refractivity contribution in [3.05, 3.63) is 54.1 Å². The van der Waals surface area contributed by atoms with Gasteiger partial charge in [-0.3, -0.25) is 4.79 Å². The first-order valence-corrected chi connectivity index (χ1v) is 8.10. The van der Waals surface area contributed by atoms with Crippen molar-refractivity contribution in [2.45, 2.75) is 6.54 Å². The number of nitrogens with zero attached hydrogens (tertiary/aromatic N) is 3. The Balaban J connectivity index is 2.11. The number of carbonyl (C=O) groups is 1. The molecular formula is C18H16N4O3S. The summed E-state index contributed by atoms with van der Waals surface area (Å²) in [6, 6.07) is 14.0. The van der Waals surface area contributed by atoms with Gasteiger partial charge in [-0.25, -0.2) is 0 Å². The van der Waals surface area contributed by atoms with E-state index in [9.17, 15) is 9.90 Å². The van der Waals surface area contributed by atoms with E-state index in [1.165, 1.54) is 11.7 Å². The van der Waals surface area contributed by atoms with Crippen molar-refractivity contribution >= 4 is 39.7 Å². The molecule has 1 aromatic heterocycles. The number of aromatic nitrogens is 1. The number of aromatic hydroxyl groups is 1. The maximum Gasteiger partial charge on any atom is 0.221 e. The maximum absolute atomic E-state index is 12.6. The maximum atomic E-state index is 12.6. The number of hydrogen-bond donors (Lipinski definition) is 2. The van der Waals surface area contributed by atoms with E-state index >= 15 is 0 Å². The number of carbonyl (C=O) groups excluding carboxylic acids is 1. The molecule has 0 bridgehead atoms. The molecule has 1 heterocycles. The van der Waals surface area contributed by atoms with E-state index in [-0.39, 0.29) is 29.0 Å². The van der Waals surface area contributed by atoms with E-state index in [4.69, 9.17) is 22.7 Å². The molecule has 0 amide bonds. The Morgan fingerprint density at radius 2 is 2.00 bits per heavy atom. The molecule has 0 unspecified atom stereocenters. The van der Waals surface area contributed by atoms with Crippen molar-refractivity contribution in [3.8, 4) is 11.6 Å². The molecule has 3 aromatic rings. The van der Waals surface area contributed by atoms with Crippen LogP contribution >= 0.6 is 12.2 Å². The molecule has 8 heteroatoms. The van der Waals surface area contributed by atoms with E-state index in [0.29, 0.717) is 22.2 Å².